The molecule has 0 saturated carbocycles. The summed E-state index contributed by atoms with van der Waals surface area (Å²) in [7, 11) is 0. The number of hydrogen-bond donors (Lipinski definition) is 1. The van der Waals surface area contributed by atoms with Crippen LogP contribution in [0.3, 0.4) is 0 Å². The van der Waals surface area contributed by atoms with E-state index in [1.807, 2.05) is 4.90 Å². The lowest BCUT2D eigenvalue weighted by atomic mass is 9.95. The highest BCUT2D eigenvalue weighted by atomic mass is 16.3. The van der Waals surface area contributed by atoms with Crippen molar-refractivity contribution in [3.05, 3.63) is 35.1 Å². The Balaban J connectivity index is 1.85. The van der Waals surface area contributed by atoms with Crippen LogP contribution in [0.25, 0.3) is 11.0 Å². The Hall–Kier alpha value is -1.81. The summed E-state index contributed by atoms with van der Waals surface area (Å²) >= 11 is 0. The highest BCUT2D eigenvalue weighted by Gasteiger charge is 2.18. The van der Waals surface area contributed by atoms with Gasteiger partial charge in [-0.05, 0) is 49.1 Å². The smallest absolute Gasteiger partial charge is 0.227 e. The maximum atomic E-state index is 12.6. The molecule has 1 aliphatic heterocycles. The van der Waals surface area contributed by atoms with Gasteiger partial charge in [-0.15, -0.1) is 0 Å². The van der Waals surface area contributed by atoms with E-state index in [2.05, 4.69) is 38.2 Å². The Labute approximate surface area is 137 Å². The fourth-order valence-electron chi connectivity index (χ4n) is 3.37. The van der Waals surface area contributed by atoms with Gasteiger partial charge in [0.2, 0.25) is 5.91 Å². The van der Waals surface area contributed by atoms with Crippen molar-refractivity contribution < 1.29 is 9.21 Å². The van der Waals surface area contributed by atoms with Crippen molar-refractivity contribution in [2.45, 2.75) is 39.5 Å². The molecule has 1 amide bonds. The van der Waals surface area contributed by atoms with Crippen molar-refractivity contribution >= 4 is 16.9 Å². The van der Waals surface area contributed by atoms with Crippen LogP contribution in [0.1, 0.15) is 42.9 Å². The predicted octanol–water partition coefficient (Wildman–Crippen LogP) is 3.23. The normalized spacial score (nSPS) is 16.1. The van der Waals surface area contributed by atoms with Crippen molar-refractivity contribution in [1.82, 2.24) is 10.2 Å². The SMILES string of the molecule is Cc1cc2occ(CC(=O)N3CCCNCC3)c2cc1C(C)C. The summed E-state index contributed by atoms with van der Waals surface area (Å²) in [5.41, 5.74) is 4.46. The Morgan fingerprint density at radius 1 is 1.30 bits per heavy atom. The maximum Gasteiger partial charge on any atom is 0.227 e. The van der Waals surface area contributed by atoms with Gasteiger partial charge in [0.15, 0.2) is 0 Å². The molecule has 1 aromatic carbocycles. The highest BCUT2D eigenvalue weighted by molar-refractivity contribution is 5.88. The second kappa shape index (κ2) is 6.75. The average molecular weight is 314 g/mol. The van der Waals surface area contributed by atoms with E-state index in [-0.39, 0.29) is 5.91 Å². The summed E-state index contributed by atoms with van der Waals surface area (Å²) in [6.07, 6.45) is 3.20. The summed E-state index contributed by atoms with van der Waals surface area (Å²) in [5, 5.41) is 4.42. The molecule has 2 heterocycles. The average Bonchev–Trinajstić information content (AvgIpc) is 2.74. The lowest BCUT2D eigenvalue weighted by Gasteiger charge is -2.19. The Morgan fingerprint density at radius 2 is 2.13 bits per heavy atom. The second-order valence-electron chi connectivity index (χ2n) is 6.78. The Bertz CT molecular complexity index is 695. The largest absolute Gasteiger partial charge is 0.464 e. The highest BCUT2D eigenvalue weighted by Crippen LogP contribution is 2.29. The molecule has 0 spiro atoms. The molecule has 0 aliphatic carbocycles. The van der Waals surface area contributed by atoms with Crippen LogP contribution >= 0.6 is 0 Å². The van der Waals surface area contributed by atoms with Crippen LogP contribution in [0, 0.1) is 6.92 Å². The summed E-state index contributed by atoms with van der Waals surface area (Å²) in [4.78, 5) is 14.6. The summed E-state index contributed by atoms with van der Waals surface area (Å²) < 4.78 is 5.69. The standard InChI is InChI=1S/C19H26N2O2/c1-13(2)16-11-17-15(12-23-18(17)9-14(16)3)10-19(22)21-7-4-5-20-6-8-21/h9,11-13,20H,4-8,10H2,1-3H3. The van der Waals surface area contributed by atoms with Gasteiger partial charge < -0.3 is 14.6 Å². The minimum atomic E-state index is 0.197. The number of carbonyl (C=O) groups excluding carboxylic acids is 1. The van der Waals surface area contributed by atoms with Gasteiger partial charge in [0.25, 0.3) is 0 Å². The van der Waals surface area contributed by atoms with Crippen LogP contribution < -0.4 is 5.32 Å². The molecule has 1 aromatic heterocycles. The second-order valence-corrected chi connectivity index (χ2v) is 6.78. The van der Waals surface area contributed by atoms with E-state index in [0.29, 0.717) is 12.3 Å². The molecule has 3 rings (SSSR count). The first kappa shape index (κ1) is 16.1. The number of amides is 1. The Kier molecular flexibility index (Phi) is 4.71. The van der Waals surface area contributed by atoms with Crippen molar-refractivity contribution in [3.8, 4) is 0 Å². The molecule has 4 heteroatoms. The van der Waals surface area contributed by atoms with Crippen molar-refractivity contribution in [2.75, 3.05) is 26.2 Å². The van der Waals surface area contributed by atoms with E-state index in [4.69, 9.17) is 4.42 Å². The van der Waals surface area contributed by atoms with Crippen LogP contribution in [-0.4, -0.2) is 37.0 Å². The van der Waals surface area contributed by atoms with Crippen LogP contribution in [0.2, 0.25) is 0 Å². The number of furan rings is 1. The lowest BCUT2D eigenvalue weighted by Crippen LogP contribution is -2.35. The topological polar surface area (TPSA) is 45.5 Å². The molecule has 1 saturated heterocycles. The summed E-state index contributed by atoms with van der Waals surface area (Å²) in [5.74, 6) is 0.664. The zero-order valence-corrected chi connectivity index (χ0v) is 14.3. The number of nitrogens with zero attached hydrogens (tertiary/aromatic N) is 1. The third kappa shape index (κ3) is 3.42. The zero-order chi connectivity index (χ0) is 16.4. The van der Waals surface area contributed by atoms with E-state index in [1.165, 1.54) is 11.1 Å². The van der Waals surface area contributed by atoms with Crippen LogP contribution in [0.4, 0.5) is 0 Å². The van der Waals surface area contributed by atoms with E-state index < -0.39 is 0 Å². The summed E-state index contributed by atoms with van der Waals surface area (Å²) in [6.45, 7) is 10.0. The zero-order valence-electron chi connectivity index (χ0n) is 14.3. The number of rotatable bonds is 3. The maximum absolute atomic E-state index is 12.6. The lowest BCUT2D eigenvalue weighted by molar-refractivity contribution is -0.130. The fourth-order valence-corrected chi connectivity index (χ4v) is 3.37. The number of hydrogen-bond acceptors (Lipinski definition) is 3. The molecule has 1 N–H and O–H groups in total. The van der Waals surface area contributed by atoms with Gasteiger partial charge >= 0.3 is 0 Å². The fraction of sp³-hybridized carbons (Fsp3) is 0.526. The molecular weight excluding hydrogens is 288 g/mol. The van der Waals surface area contributed by atoms with Crippen LogP contribution in [0.15, 0.2) is 22.8 Å². The molecule has 23 heavy (non-hydrogen) atoms. The minimum Gasteiger partial charge on any atom is -0.464 e. The number of fused-ring (bicyclic) bond motifs is 1. The van der Waals surface area contributed by atoms with Gasteiger partial charge in [0.1, 0.15) is 5.58 Å². The van der Waals surface area contributed by atoms with E-state index in [0.717, 1.165) is 49.1 Å². The molecule has 4 nitrogen and oxygen atoms in total. The molecule has 0 radical (unpaired) electrons. The monoisotopic (exact) mass is 314 g/mol. The van der Waals surface area contributed by atoms with Gasteiger partial charge in [-0.2, -0.15) is 0 Å². The van der Waals surface area contributed by atoms with Gasteiger partial charge in [0, 0.05) is 30.6 Å². The molecule has 1 fully saturated rings. The van der Waals surface area contributed by atoms with Crippen molar-refractivity contribution in [1.29, 1.82) is 0 Å². The minimum absolute atomic E-state index is 0.197. The third-order valence-electron chi connectivity index (χ3n) is 4.70. The van der Waals surface area contributed by atoms with Gasteiger partial charge in [-0.1, -0.05) is 13.8 Å². The number of carbonyl (C=O) groups is 1. The molecular formula is C19H26N2O2. The van der Waals surface area contributed by atoms with Crippen LogP contribution in [0.5, 0.6) is 0 Å². The first-order valence-electron chi connectivity index (χ1n) is 8.55. The number of aryl methyl sites for hydroxylation is 1. The molecule has 2 aromatic rings. The van der Waals surface area contributed by atoms with Gasteiger partial charge in [-0.25, -0.2) is 0 Å². The predicted molar refractivity (Wildman–Crippen MR) is 92.8 cm³/mol. The molecule has 1 aliphatic rings. The van der Waals surface area contributed by atoms with E-state index >= 15 is 0 Å². The molecule has 0 unspecified atom stereocenters. The van der Waals surface area contributed by atoms with Gasteiger partial charge in [-0.3, -0.25) is 4.79 Å². The molecule has 0 atom stereocenters. The van der Waals surface area contributed by atoms with Crippen molar-refractivity contribution in [2.24, 2.45) is 0 Å². The third-order valence-corrected chi connectivity index (χ3v) is 4.70. The number of benzene rings is 1. The Morgan fingerprint density at radius 3 is 2.91 bits per heavy atom. The van der Waals surface area contributed by atoms with E-state index in [1.54, 1.807) is 6.26 Å². The van der Waals surface area contributed by atoms with Crippen molar-refractivity contribution in [3.63, 3.8) is 0 Å². The number of nitrogens with one attached hydrogen (secondary N) is 1. The van der Waals surface area contributed by atoms with E-state index in [9.17, 15) is 4.79 Å². The molecule has 0 bridgehead atoms. The quantitative estimate of drug-likeness (QED) is 0.946. The first-order valence-corrected chi connectivity index (χ1v) is 8.55. The first-order chi connectivity index (χ1) is 11.1. The summed E-state index contributed by atoms with van der Waals surface area (Å²) in [6, 6.07) is 4.29. The molecule has 124 valence electrons. The van der Waals surface area contributed by atoms with Crippen LogP contribution in [-0.2, 0) is 11.2 Å². The van der Waals surface area contributed by atoms with Gasteiger partial charge in [0.05, 0.1) is 12.7 Å².